The van der Waals surface area contributed by atoms with Gasteiger partial charge in [0.25, 0.3) is 0 Å². The number of carbonyl (C=O) groups excluding carboxylic acids is 1. The highest BCUT2D eigenvalue weighted by molar-refractivity contribution is 7.71. The van der Waals surface area contributed by atoms with Crippen LogP contribution in [0.1, 0.15) is 19.8 Å². The molecule has 3 aromatic rings. The van der Waals surface area contributed by atoms with E-state index in [0.717, 1.165) is 54.2 Å². The van der Waals surface area contributed by atoms with E-state index in [4.69, 9.17) is 17.0 Å². The van der Waals surface area contributed by atoms with Gasteiger partial charge in [-0.25, -0.2) is 9.67 Å². The zero-order valence-electron chi connectivity index (χ0n) is 14.2. The third-order valence-electron chi connectivity index (χ3n) is 4.91. The maximum absolute atomic E-state index is 11.9. The maximum atomic E-state index is 11.9. The van der Waals surface area contributed by atoms with Crippen LogP contribution < -0.4 is 4.90 Å². The van der Waals surface area contributed by atoms with Crippen LogP contribution in [-0.2, 0) is 16.2 Å². The van der Waals surface area contributed by atoms with E-state index in [2.05, 4.69) is 10.1 Å². The zero-order chi connectivity index (χ0) is 17.4. The standard InChI is InChI=1S/C17H21N5O2S/c1-2-24-15(23)12-7-9-20(10-8-12)11-21-17(25)22-14-6-4-3-5-13(14)18-16(22)19-21/h3-6,12H,2,7-11H2,1H3,(H,18,19)/p+1. The van der Waals surface area contributed by atoms with Gasteiger partial charge in [0.05, 0.1) is 36.6 Å². The van der Waals surface area contributed by atoms with Gasteiger partial charge in [-0.1, -0.05) is 12.1 Å². The molecule has 1 saturated heterocycles. The summed E-state index contributed by atoms with van der Waals surface area (Å²) in [5.74, 6) is 0.761. The number of H-pyrrole nitrogens is 1. The Bertz CT molecular complexity index is 964. The SMILES string of the molecule is CCOC(=O)C1CC[NH+](Cn2[nH]c3nc4ccccc4n3c2=S)CC1. The molecular weight excluding hydrogens is 338 g/mol. The van der Waals surface area contributed by atoms with Gasteiger partial charge in [-0.2, -0.15) is 0 Å². The Morgan fingerprint density at radius 1 is 1.40 bits per heavy atom. The first-order chi connectivity index (χ1) is 12.2. The number of piperidine rings is 1. The van der Waals surface area contributed by atoms with E-state index in [1.165, 1.54) is 4.90 Å². The molecule has 2 N–H and O–H groups in total. The topological polar surface area (TPSA) is 68.8 Å². The maximum Gasteiger partial charge on any atom is 0.309 e. The van der Waals surface area contributed by atoms with Crippen LogP contribution in [0.4, 0.5) is 0 Å². The van der Waals surface area contributed by atoms with Crippen LogP contribution >= 0.6 is 12.2 Å². The number of quaternary nitrogens is 1. The van der Waals surface area contributed by atoms with Crippen molar-refractivity contribution >= 4 is 35.0 Å². The first-order valence-corrected chi connectivity index (χ1v) is 9.14. The molecule has 1 aromatic carbocycles. The summed E-state index contributed by atoms with van der Waals surface area (Å²) < 4.78 is 9.82. The fourth-order valence-corrected chi connectivity index (χ4v) is 3.89. The molecule has 0 radical (unpaired) electrons. The summed E-state index contributed by atoms with van der Waals surface area (Å²) in [6.07, 6.45) is 1.73. The molecule has 7 nitrogen and oxygen atoms in total. The van der Waals surface area contributed by atoms with Gasteiger partial charge in [0.15, 0.2) is 6.67 Å². The first-order valence-electron chi connectivity index (χ1n) is 8.73. The molecule has 1 fully saturated rings. The van der Waals surface area contributed by atoms with Crippen molar-refractivity contribution in [2.24, 2.45) is 5.92 Å². The minimum atomic E-state index is -0.0528. The molecule has 25 heavy (non-hydrogen) atoms. The minimum Gasteiger partial charge on any atom is -0.466 e. The van der Waals surface area contributed by atoms with Crippen LogP contribution in [-0.4, -0.2) is 44.8 Å². The summed E-state index contributed by atoms with van der Waals surface area (Å²) in [6.45, 7) is 4.94. The normalized spacial score (nSPS) is 21.0. The van der Waals surface area contributed by atoms with Crippen LogP contribution in [0.3, 0.4) is 0 Å². The Morgan fingerprint density at radius 2 is 2.16 bits per heavy atom. The molecule has 0 saturated carbocycles. The average molecular weight is 360 g/mol. The second-order valence-corrected chi connectivity index (χ2v) is 6.88. The number of fused-ring (bicyclic) bond motifs is 3. The molecule has 0 aliphatic carbocycles. The van der Waals surface area contributed by atoms with Gasteiger partial charge >= 0.3 is 5.97 Å². The summed E-state index contributed by atoms with van der Waals surface area (Å²) in [5.41, 5.74) is 1.96. The molecule has 0 bridgehead atoms. The Morgan fingerprint density at radius 3 is 2.92 bits per heavy atom. The molecule has 3 heterocycles. The molecule has 132 valence electrons. The molecule has 0 atom stereocenters. The second kappa shape index (κ2) is 6.61. The summed E-state index contributed by atoms with van der Waals surface area (Å²) >= 11 is 5.64. The van der Waals surface area contributed by atoms with Crippen molar-refractivity contribution < 1.29 is 14.4 Å². The van der Waals surface area contributed by atoms with Crippen LogP contribution in [0.25, 0.3) is 16.8 Å². The number of likely N-dealkylation sites (tertiary alicyclic amines) is 1. The third kappa shape index (κ3) is 2.96. The number of rotatable bonds is 4. The van der Waals surface area contributed by atoms with Crippen molar-refractivity contribution in [1.82, 2.24) is 19.2 Å². The van der Waals surface area contributed by atoms with E-state index in [0.29, 0.717) is 6.61 Å². The molecule has 2 aromatic heterocycles. The molecular formula is C17H22N5O2S+. The Balaban J connectivity index is 1.50. The fraction of sp³-hybridized carbons (Fsp3) is 0.471. The van der Waals surface area contributed by atoms with Gasteiger partial charge in [-0.05, 0) is 31.3 Å². The quantitative estimate of drug-likeness (QED) is 0.541. The van der Waals surface area contributed by atoms with Crippen molar-refractivity contribution in [3.05, 3.63) is 29.0 Å². The van der Waals surface area contributed by atoms with Gasteiger partial charge in [0.1, 0.15) is 0 Å². The van der Waals surface area contributed by atoms with E-state index < -0.39 is 0 Å². The number of hydrogen-bond donors (Lipinski definition) is 2. The summed E-state index contributed by atoms with van der Waals surface area (Å²) in [7, 11) is 0. The highest BCUT2D eigenvalue weighted by Crippen LogP contribution is 2.16. The van der Waals surface area contributed by atoms with Crippen molar-refractivity contribution in [2.75, 3.05) is 19.7 Å². The molecule has 8 heteroatoms. The Labute approximate surface area is 150 Å². The van der Waals surface area contributed by atoms with E-state index in [1.54, 1.807) is 0 Å². The lowest BCUT2D eigenvalue weighted by Crippen LogP contribution is -3.12. The van der Waals surface area contributed by atoms with E-state index in [9.17, 15) is 4.79 Å². The van der Waals surface area contributed by atoms with Crippen LogP contribution in [0.2, 0.25) is 0 Å². The lowest BCUT2D eigenvalue weighted by atomic mass is 9.97. The average Bonchev–Trinajstić information content (AvgIpc) is 3.12. The zero-order valence-corrected chi connectivity index (χ0v) is 15.0. The predicted molar refractivity (Wildman–Crippen MR) is 95.9 cm³/mol. The number of benzene rings is 1. The van der Waals surface area contributed by atoms with E-state index in [-0.39, 0.29) is 11.9 Å². The lowest BCUT2D eigenvalue weighted by Gasteiger charge is -2.27. The van der Waals surface area contributed by atoms with Gasteiger partial charge in [-0.3, -0.25) is 14.3 Å². The number of aromatic nitrogens is 4. The van der Waals surface area contributed by atoms with Crippen molar-refractivity contribution in [3.63, 3.8) is 0 Å². The largest absolute Gasteiger partial charge is 0.466 e. The Hall–Kier alpha value is -2.19. The first kappa shape index (κ1) is 16.3. The minimum absolute atomic E-state index is 0.0431. The van der Waals surface area contributed by atoms with Gasteiger partial charge < -0.3 is 9.64 Å². The van der Waals surface area contributed by atoms with Crippen LogP contribution in [0.15, 0.2) is 24.3 Å². The van der Waals surface area contributed by atoms with Crippen molar-refractivity contribution in [3.8, 4) is 0 Å². The van der Waals surface area contributed by atoms with Gasteiger partial charge in [0.2, 0.25) is 10.5 Å². The van der Waals surface area contributed by atoms with Crippen LogP contribution in [0.5, 0.6) is 0 Å². The monoisotopic (exact) mass is 360 g/mol. The number of nitrogens with one attached hydrogen (secondary N) is 2. The van der Waals surface area contributed by atoms with E-state index in [1.807, 2.05) is 40.3 Å². The molecule has 0 unspecified atom stereocenters. The Kier molecular flexibility index (Phi) is 4.30. The number of aromatic amines is 1. The summed E-state index contributed by atoms with van der Waals surface area (Å²) in [5, 5.41) is 3.31. The highest BCUT2D eigenvalue weighted by Gasteiger charge is 2.28. The fourth-order valence-electron chi connectivity index (χ4n) is 3.59. The summed E-state index contributed by atoms with van der Waals surface area (Å²) in [4.78, 5) is 17.9. The number of esters is 1. The smallest absolute Gasteiger partial charge is 0.309 e. The molecule has 1 aliphatic heterocycles. The molecule has 4 rings (SSSR count). The number of hydrogen-bond acceptors (Lipinski definition) is 4. The number of imidazole rings is 1. The van der Waals surface area contributed by atoms with Gasteiger partial charge in [0, 0.05) is 12.8 Å². The van der Waals surface area contributed by atoms with Crippen molar-refractivity contribution in [1.29, 1.82) is 0 Å². The van der Waals surface area contributed by atoms with E-state index >= 15 is 0 Å². The highest BCUT2D eigenvalue weighted by atomic mass is 32.1. The molecule has 0 amide bonds. The second-order valence-electron chi connectivity index (χ2n) is 6.52. The van der Waals surface area contributed by atoms with Crippen LogP contribution in [0, 0.1) is 10.7 Å². The molecule has 1 aliphatic rings. The lowest BCUT2D eigenvalue weighted by molar-refractivity contribution is -0.929. The predicted octanol–water partition coefficient (Wildman–Crippen LogP) is 1.16. The number of nitrogens with zero attached hydrogens (tertiary/aromatic N) is 3. The number of para-hydroxylation sites is 2. The number of ether oxygens (including phenoxy) is 1. The molecule has 0 spiro atoms. The van der Waals surface area contributed by atoms with Crippen molar-refractivity contribution in [2.45, 2.75) is 26.4 Å². The number of carbonyl (C=O) groups is 1. The third-order valence-corrected chi connectivity index (χ3v) is 5.32. The summed E-state index contributed by atoms with van der Waals surface area (Å²) in [6, 6.07) is 7.99. The van der Waals surface area contributed by atoms with Gasteiger partial charge in [-0.15, -0.1) is 0 Å².